The largest absolute Gasteiger partial charge is 0.204 e. The van der Waals surface area contributed by atoms with Gasteiger partial charge in [0.2, 0.25) is 5.82 Å². The molecule has 2 rings (SSSR count). The van der Waals surface area contributed by atoms with E-state index in [0.717, 1.165) is 11.1 Å². The van der Waals surface area contributed by atoms with Crippen LogP contribution in [-0.2, 0) is 0 Å². The number of nitrogens with zero attached hydrogens (tertiary/aromatic N) is 3. The van der Waals surface area contributed by atoms with E-state index in [1.165, 1.54) is 0 Å². The minimum atomic E-state index is 0.646. The van der Waals surface area contributed by atoms with Gasteiger partial charge in [0.1, 0.15) is 0 Å². The van der Waals surface area contributed by atoms with Crippen LogP contribution in [0.2, 0.25) is 0 Å². The molecule has 0 fully saturated rings. The van der Waals surface area contributed by atoms with Crippen molar-refractivity contribution in [2.24, 2.45) is 0 Å². The topological polar surface area (TPSA) is 54.5 Å². The Balaban J connectivity index is 0.000000509. The summed E-state index contributed by atoms with van der Waals surface area (Å²) in [5.41, 5.74) is 2.17. The van der Waals surface area contributed by atoms with Gasteiger partial charge in [0, 0.05) is 5.56 Å². The molecule has 1 N–H and O–H groups in total. The normalized spacial score (nSPS) is 8.19. The lowest BCUT2D eigenvalue weighted by atomic mass is 10.1. The molecular formula is C12H18N4. The van der Waals surface area contributed by atoms with Crippen LogP contribution in [0.4, 0.5) is 0 Å². The molecule has 0 atom stereocenters. The van der Waals surface area contributed by atoms with Crippen LogP contribution in [0.5, 0.6) is 0 Å². The van der Waals surface area contributed by atoms with Crippen LogP contribution in [-0.4, -0.2) is 20.6 Å². The summed E-state index contributed by atoms with van der Waals surface area (Å²) in [4.78, 5) is 0. The van der Waals surface area contributed by atoms with Gasteiger partial charge in [-0.15, -0.1) is 23.4 Å². The molecule has 86 valence electrons. The fraction of sp³-hybridized carbons (Fsp3) is 0.250. The molecule has 0 amide bonds. The minimum absolute atomic E-state index is 0.646. The third kappa shape index (κ3) is 3.65. The average molecular weight is 218 g/mol. The Morgan fingerprint density at radius 3 is 2.25 bits per heavy atom. The zero-order chi connectivity index (χ0) is 12.4. The highest BCUT2D eigenvalue weighted by atomic mass is 15.5. The van der Waals surface area contributed by atoms with Crippen LogP contribution >= 0.6 is 0 Å². The van der Waals surface area contributed by atoms with E-state index in [1.54, 1.807) is 0 Å². The van der Waals surface area contributed by atoms with Crippen LogP contribution in [0.1, 0.15) is 19.4 Å². The van der Waals surface area contributed by atoms with Gasteiger partial charge in [-0.3, -0.25) is 0 Å². The second kappa shape index (κ2) is 8.35. The molecule has 0 unspecified atom stereocenters. The number of aromatic amines is 1. The third-order valence-corrected chi connectivity index (χ3v) is 1.73. The molecule has 4 heteroatoms. The fourth-order valence-electron chi connectivity index (χ4n) is 1.10. The highest BCUT2D eigenvalue weighted by Crippen LogP contribution is 2.16. The number of nitrogens with one attached hydrogen (secondary N) is 1. The molecule has 0 radical (unpaired) electrons. The molecule has 1 aromatic carbocycles. The predicted octanol–water partition coefficient (Wildman–Crippen LogP) is 3.00. The standard InChI is InChI=1S/C8H8N4.C2H6.C2H4/c1-6-4-2-3-5-7(6)8-9-11-12-10-8;2*1-2/h2-5H,1H3,(H,9,10,11,12);1-2H3;1-2H2. The number of benzene rings is 1. The van der Waals surface area contributed by atoms with Gasteiger partial charge in [-0.25, -0.2) is 0 Å². The lowest BCUT2D eigenvalue weighted by molar-refractivity contribution is 0.881. The number of rotatable bonds is 1. The van der Waals surface area contributed by atoms with E-state index < -0.39 is 0 Å². The van der Waals surface area contributed by atoms with E-state index in [4.69, 9.17) is 0 Å². The first-order valence-corrected chi connectivity index (χ1v) is 5.17. The van der Waals surface area contributed by atoms with Crippen molar-refractivity contribution < 1.29 is 0 Å². The van der Waals surface area contributed by atoms with Crippen molar-refractivity contribution in [3.05, 3.63) is 43.0 Å². The lowest BCUT2D eigenvalue weighted by Crippen LogP contribution is -1.84. The summed E-state index contributed by atoms with van der Waals surface area (Å²) in [6.45, 7) is 12.0. The van der Waals surface area contributed by atoms with Crippen molar-refractivity contribution in [3.8, 4) is 11.4 Å². The van der Waals surface area contributed by atoms with Crippen molar-refractivity contribution in [1.82, 2.24) is 20.6 Å². The molecular weight excluding hydrogens is 200 g/mol. The van der Waals surface area contributed by atoms with Crippen molar-refractivity contribution in [1.29, 1.82) is 0 Å². The molecule has 0 bridgehead atoms. The summed E-state index contributed by atoms with van der Waals surface area (Å²) in [6, 6.07) is 7.93. The molecule has 0 spiro atoms. The first-order chi connectivity index (χ1) is 7.88. The van der Waals surface area contributed by atoms with Gasteiger partial charge in [0.25, 0.3) is 0 Å². The highest BCUT2D eigenvalue weighted by molar-refractivity contribution is 5.58. The zero-order valence-corrected chi connectivity index (χ0v) is 10.1. The number of H-pyrrole nitrogens is 1. The molecule has 0 aliphatic heterocycles. The Hall–Kier alpha value is -1.97. The maximum Gasteiger partial charge on any atom is 0.204 e. The SMILES string of the molecule is C=C.CC.Cc1ccccc1-c1nn[nH]n1. The van der Waals surface area contributed by atoms with Crippen molar-refractivity contribution in [2.45, 2.75) is 20.8 Å². The Morgan fingerprint density at radius 1 is 1.12 bits per heavy atom. The van der Waals surface area contributed by atoms with E-state index in [1.807, 2.05) is 45.0 Å². The predicted molar refractivity (Wildman–Crippen MR) is 67.0 cm³/mol. The summed E-state index contributed by atoms with van der Waals surface area (Å²) in [6.07, 6.45) is 0. The molecule has 0 saturated heterocycles. The lowest BCUT2D eigenvalue weighted by Gasteiger charge is -1.97. The molecule has 0 aliphatic rings. The van der Waals surface area contributed by atoms with Crippen molar-refractivity contribution in [2.75, 3.05) is 0 Å². The first kappa shape index (κ1) is 14.0. The summed E-state index contributed by atoms with van der Waals surface area (Å²) in [5, 5.41) is 13.7. The number of tetrazole rings is 1. The van der Waals surface area contributed by atoms with E-state index in [9.17, 15) is 0 Å². The van der Waals surface area contributed by atoms with Crippen molar-refractivity contribution in [3.63, 3.8) is 0 Å². The Bertz CT molecular complexity index is 382. The zero-order valence-electron chi connectivity index (χ0n) is 10.1. The van der Waals surface area contributed by atoms with Gasteiger partial charge >= 0.3 is 0 Å². The smallest absolute Gasteiger partial charge is 0.177 e. The number of hydrogen-bond donors (Lipinski definition) is 1. The van der Waals surface area contributed by atoms with E-state index in [-0.39, 0.29) is 0 Å². The molecule has 2 aromatic rings. The van der Waals surface area contributed by atoms with Crippen LogP contribution in [0.3, 0.4) is 0 Å². The minimum Gasteiger partial charge on any atom is -0.177 e. The fourth-order valence-corrected chi connectivity index (χ4v) is 1.10. The van der Waals surface area contributed by atoms with Crippen LogP contribution in [0, 0.1) is 6.92 Å². The molecule has 0 aliphatic carbocycles. The second-order valence-electron chi connectivity index (χ2n) is 2.55. The number of aryl methyl sites for hydroxylation is 1. The van der Waals surface area contributed by atoms with Crippen LogP contribution < -0.4 is 0 Å². The average Bonchev–Trinajstić information content (AvgIpc) is 2.88. The number of aromatic nitrogens is 4. The summed E-state index contributed by atoms with van der Waals surface area (Å²) >= 11 is 0. The van der Waals surface area contributed by atoms with Gasteiger partial charge in [-0.2, -0.15) is 5.21 Å². The molecule has 1 heterocycles. The van der Waals surface area contributed by atoms with Gasteiger partial charge in [-0.1, -0.05) is 38.1 Å². The van der Waals surface area contributed by atoms with Crippen molar-refractivity contribution >= 4 is 0 Å². The monoisotopic (exact) mass is 218 g/mol. The summed E-state index contributed by atoms with van der Waals surface area (Å²) < 4.78 is 0. The van der Waals surface area contributed by atoms with Gasteiger partial charge in [0.05, 0.1) is 0 Å². The summed E-state index contributed by atoms with van der Waals surface area (Å²) in [7, 11) is 0. The Kier molecular flexibility index (Phi) is 7.32. The first-order valence-electron chi connectivity index (χ1n) is 5.17. The Labute approximate surface area is 96.4 Å². The summed E-state index contributed by atoms with van der Waals surface area (Å²) in [5.74, 6) is 0.646. The number of hydrogen-bond acceptors (Lipinski definition) is 3. The van der Waals surface area contributed by atoms with E-state index >= 15 is 0 Å². The van der Waals surface area contributed by atoms with Gasteiger partial charge < -0.3 is 0 Å². The molecule has 1 aromatic heterocycles. The quantitative estimate of drug-likeness (QED) is 0.748. The van der Waals surface area contributed by atoms with E-state index in [2.05, 4.69) is 33.8 Å². The highest BCUT2D eigenvalue weighted by Gasteiger charge is 2.03. The van der Waals surface area contributed by atoms with Gasteiger partial charge in [-0.05, 0) is 17.7 Å². The van der Waals surface area contributed by atoms with Crippen LogP contribution in [0.25, 0.3) is 11.4 Å². The maximum absolute atomic E-state index is 3.90. The van der Waals surface area contributed by atoms with E-state index in [0.29, 0.717) is 5.82 Å². The van der Waals surface area contributed by atoms with Gasteiger partial charge in [0.15, 0.2) is 0 Å². The molecule has 4 nitrogen and oxygen atoms in total. The molecule has 16 heavy (non-hydrogen) atoms. The second-order valence-corrected chi connectivity index (χ2v) is 2.55. The van der Waals surface area contributed by atoms with Crippen LogP contribution in [0.15, 0.2) is 37.4 Å². The molecule has 0 saturated carbocycles. The third-order valence-electron chi connectivity index (χ3n) is 1.73. The Morgan fingerprint density at radius 2 is 1.75 bits per heavy atom. The maximum atomic E-state index is 3.90.